The summed E-state index contributed by atoms with van der Waals surface area (Å²) in [5.74, 6) is -2.46. The molecule has 0 fully saturated rings. The number of fused-ring (bicyclic) bond motifs is 1. The highest BCUT2D eigenvalue weighted by Crippen LogP contribution is 2.39. The molecule has 2 aliphatic heterocycles. The van der Waals surface area contributed by atoms with Gasteiger partial charge in [-0.05, 0) is 30.3 Å². The first kappa shape index (κ1) is 24.5. The van der Waals surface area contributed by atoms with Crippen molar-refractivity contribution in [3.63, 3.8) is 0 Å². The van der Waals surface area contributed by atoms with E-state index in [0.29, 0.717) is 30.4 Å². The highest BCUT2D eigenvalue weighted by Gasteiger charge is 2.40. The number of nitrogens with one attached hydrogen (secondary N) is 2. The number of benzene rings is 1. The smallest absolute Gasteiger partial charge is 0.373 e. The minimum Gasteiger partial charge on any atom is -0.504 e. The molecule has 34 heavy (non-hydrogen) atoms. The average molecular weight is 474 g/mol. The van der Waals surface area contributed by atoms with E-state index in [1.807, 2.05) is 0 Å². The maximum Gasteiger partial charge on any atom is 0.373 e. The predicted octanol–water partition coefficient (Wildman–Crippen LogP) is 0.365. The monoisotopic (exact) mass is 474 g/mol. The van der Waals surface area contributed by atoms with Crippen molar-refractivity contribution in [2.45, 2.75) is 44.0 Å². The van der Waals surface area contributed by atoms with Crippen LogP contribution in [-0.2, 0) is 30.3 Å². The number of carbonyl (C=O) groups is 4. The molecule has 3 atom stereocenters. The zero-order valence-corrected chi connectivity index (χ0v) is 17.9. The minimum atomic E-state index is -1.07. The Morgan fingerprint density at radius 1 is 1.26 bits per heavy atom. The van der Waals surface area contributed by atoms with Crippen LogP contribution >= 0.6 is 0 Å². The van der Waals surface area contributed by atoms with Gasteiger partial charge in [-0.2, -0.15) is 4.58 Å². The molecule has 0 saturated carbocycles. The number of aliphatic carboxylic acids is 2. The van der Waals surface area contributed by atoms with Crippen molar-refractivity contribution in [2.24, 2.45) is 0 Å². The van der Waals surface area contributed by atoms with E-state index in [1.165, 1.54) is 16.7 Å². The maximum absolute atomic E-state index is 11.9. The second-order valence-electron chi connectivity index (χ2n) is 7.62. The number of ether oxygens (including phenoxy) is 1. The molecule has 3 rings (SSSR count). The second-order valence-corrected chi connectivity index (χ2v) is 7.62. The third-order valence-electron chi connectivity index (χ3n) is 5.30. The molecule has 12 heteroatoms. The molecular formula is C22H24N3O9+. The van der Waals surface area contributed by atoms with Gasteiger partial charge >= 0.3 is 11.9 Å². The van der Waals surface area contributed by atoms with Crippen LogP contribution in [0.1, 0.15) is 24.8 Å². The topological polar surface area (TPSA) is 174 Å². The van der Waals surface area contributed by atoms with Crippen LogP contribution in [0.3, 0.4) is 0 Å². The number of phenolic OH excluding ortho intramolecular Hbond substituents is 1. The van der Waals surface area contributed by atoms with Crippen molar-refractivity contribution in [1.29, 1.82) is 0 Å². The predicted molar refractivity (Wildman–Crippen MR) is 116 cm³/mol. The van der Waals surface area contributed by atoms with E-state index in [-0.39, 0.29) is 30.8 Å². The zero-order chi connectivity index (χ0) is 24.7. The maximum atomic E-state index is 11.9. The van der Waals surface area contributed by atoms with Gasteiger partial charge in [-0.3, -0.25) is 9.59 Å². The van der Waals surface area contributed by atoms with Gasteiger partial charge in [0, 0.05) is 24.5 Å². The molecule has 0 spiro atoms. The second kappa shape index (κ2) is 11.1. The molecule has 0 amide bonds. The number of aromatic hydroxyl groups is 1. The number of carboxylic acids is 2. The molecule has 0 radical (unpaired) electrons. The first-order valence-electron chi connectivity index (χ1n) is 10.3. The van der Waals surface area contributed by atoms with Crippen molar-refractivity contribution in [3.05, 3.63) is 41.6 Å². The van der Waals surface area contributed by atoms with Gasteiger partial charge in [0.25, 0.3) is 12.5 Å². The molecule has 2 aliphatic rings. The van der Waals surface area contributed by atoms with Crippen molar-refractivity contribution in [2.75, 3.05) is 0 Å². The van der Waals surface area contributed by atoms with Crippen molar-refractivity contribution in [1.82, 2.24) is 10.8 Å². The van der Waals surface area contributed by atoms with Gasteiger partial charge in [0.15, 0.2) is 23.9 Å². The first-order chi connectivity index (χ1) is 16.3. The number of carboxylic acid groups (broad SMARTS) is 2. The molecular weight excluding hydrogens is 450 g/mol. The standard InChI is InChI=1S/C22H23N3O9/c26-11-15(1-2-21(29)30)24-34-19-9-14-8-17(22(31)32)25(16(14)10-18(19)28)6-4-13-3-5-23-20(7-13)33-12-27/h3-6,9-12,15,17,20,24H,1-2,7-8H2,(H3,28,29,30,31,32)/p+1/t15-,17-,20?/m0/s1. The lowest BCUT2D eigenvalue weighted by Crippen LogP contribution is -2.33. The Hall–Kier alpha value is -4.19. The molecule has 2 heterocycles. The fourth-order valence-electron chi connectivity index (χ4n) is 3.58. The van der Waals surface area contributed by atoms with Gasteiger partial charge in [0.2, 0.25) is 5.69 Å². The summed E-state index contributed by atoms with van der Waals surface area (Å²) in [5.41, 5.74) is 4.26. The molecule has 0 saturated heterocycles. The lowest BCUT2D eigenvalue weighted by atomic mass is 10.1. The fraction of sp³-hybridized carbons (Fsp3) is 0.318. The Kier molecular flexibility index (Phi) is 7.98. The molecule has 1 unspecified atom stereocenters. The van der Waals surface area contributed by atoms with Gasteiger partial charge in [-0.1, -0.05) is 0 Å². The van der Waals surface area contributed by atoms with Crippen molar-refractivity contribution < 1.29 is 48.6 Å². The Morgan fingerprint density at radius 3 is 2.74 bits per heavy atom. The average Bonchev–Trinajstić information content (AvgIpc) is 3.15. The Balaban J connectivity index is 1.82. The summed E-state index contributed by atoms with van der Waals surface area (Å²) < 4.78 is 6.40. The van der Waals surface area contributed by atoms with Gasteiger partial charge in [0.1, 0.15) is 6.29 Å². The number of allylic oxidation sites excluding steroid dienone is 2. The molecule has 0 bridgehead atoms. The lowest BCUT2D eigenvalue weighted by Gasteiger charge is -2.19. The number of phenols is 1. The number of hydrogen-bond donors (Lipinski definition) is 5. The Morgan fingerprint density at radius 2 is 2.06 bits per heavy atom. The number of aldehydes is 1. The number of hydroxylamine groups is 1. The summed E-state index contributed by atoms with van der Waals surface area (Å²) in [6, 6.07) is 0.984. The van der Waals surface area contributed by atoms with E-state index in [9.17, 15) is 29.4 Å². The van der Waals surface area contributed by atoms with E-state index >= 15 is 0 Å². The molecule has 1 aromatic carbocycles. The summed E-state index contributed by atoms with van der Waals surface area (Å²) >= 11 is 0. The third-order valence-corrected chi connectivity index (χ3v) is 5.30. The van der Waals surface area contributed by atoms with E-state index in [4.69, 9.17) is 14.7 Å². The van der Waals surface area contributed by atoms with Gasteiger partial charge < -0.3 is 35.0 Å². The van der Waals surface area contributed by atoms with Crippen LogP contribution in [0.4, 0.5) is 5.69 Å². The number of carbonyl (C=O) groups excluding carboxylic acids is 2. The minimum absolute atomic E-state index is 0.00819. The van der Waals surface area contributed by atoms with Gasteiger partial charge in [-0.25, -0.2) is 4.79 Å². The first-order valence-corrected chi connectivity index (χ1v) is 10.3. The van der Waals surface area contributed by atoms with E-state index in [0.717, 1.165) is 5.57 Å². The van der Waals surface area contributed by atoms with Crippen LogP contribution in [0.15, 0.2) is 36.1 Å². The van der Waals surface area contributed by atoms with Crippen LogP contribution in [-0.4, -0.2) is 69.1 Å². The molecule has 5 N–H and O–H groups in total. The number of hydrogen-bond acceptors (Lipinski definition) is 9. The zero-order valence-electron chi connectivity index (χ0n) is 17.9. The highest BCUT2D eigenvalue weighted by molar-refractivity contribution is 5.79. The summed E-state index contributed by atoms with van der Waals surface area (Å²) in [7, 11) is 0. The van der Waals surface area contributed by atoms with Gasteiger partial charge in [-0.15, -0.1) is 5.48 Å². The third kappa shape index (κ3) is 5.98. The molecule has 180 valence electrons. The summed E-state index contributed by atoms with van der Waals surface area (Å²) in [6.07, 6.45) is 6.90. The Labute approximate surface area is 193 Å². The van der Waals surface area contributed by atoms with E-state index < -0.39 is 30.3 Å². The van der Waals surface area contributed by atoms with Crippen LogP contribution in [0.25, 0.3) is 0 Å². The van der Waals surface area contributed by atoms with Crippen LogP contribution in [0.2, 0.25) is 0 Å². The summed E-state index contributed by atoms with van der Waals surface area (Å²) in [5, 5.41) is 31.7. The van der Waals surface area contributed by atoms with Crippen LogP contribution < -0.4 is 15.6 Å². The fourth-order valence-corrected chi connectivity index (χ4v) is 3.58. The van der Waals surface area contributed by atoms with Gasteiger partial charge in [0.05, 0.1) is 18.5 Å². The number of nitrogens with zero attached hydrogens (tertiary/aromatic N) is 1. The normalized spacial score (nSPS) is 22.0. The summed E-state index contributed by atoms with van der Waals surface area (Å²) in [6.45, 7) is 0.343. The van der Waals surface area contributed by atoms with E-state index in [2.05, 4.69) is 10.8 Å². The quantitative estimate of drug-likeness (QED) is 0.170. The highest BCUT2D eigenvalue weighted by atomic mass is 16.7. The SMILES string of the molecule is O=COC1C/C(=C\C=[N+]2c3cc(O)c(ON[C@H](C=O)CCC(=O)O)cc3C[C@H]2C(=O)O)C=CN1. The van der Waals surface area contributed by atoms with E-state index in [1.54, 1.807) is 24.6 Å². The summed E-state index contributed by atoms with van der Waals surface area (Å²) in [4.78, 5) is 49.5. The van der Waals surface area contributed by atoms with Crippen molar-refractivity contribution in [3.8, 4) is 11.5 Å². The lowest BCUT2D eigenvalue weighted by molar-refractivity contribution is -0.456. The van der Waals surface area contributed by atoms with Crippen LogP contribution in [0.5, 0.6) is 11.5 Å². The van der Waals surface area contributed by atoms with Crippen LogP contribution in [0, 0.1) is 0 Å². The number of rotatable bonds is 11. The van der Waals surface area contributed by atoms with Crippen molar-refractivity contribution >= 4 is 36.6 Å². The molecule has 12 nitrogen and oxygen atoms in total. The molecule has 0 aliphatic carbocycles. The molecule has 1 aromatic rings. The largest absolute Gasteiger partial charge is 0.504 e. The molecule has 0 aromatic heterocycles. The Bertz CT molecular complexity index is 1060.